The van der Waals surface area contributed by atoms with E-state index in [1.165, 1.54) is 41.9 Å². The molecule has 0 bridgehead atoms. The summed E-state index contributed by atoms with van der Waals surface area (Å²) in [4.78, 5) is 173. The lowest BCUT2D eigenvalue weighted by Crippen LogP contribution is -2.52. The van der Waals surface area contributed by atoms with Gasteiger partial charge < -0.3 is 88.9 Å². The Morgan fingerprint density at radius 2 is 0.832 bits per heavy atom. The fraction of sp³-hybridized carbons (Fsp3) is 0.674. The first kappa shape index (κ1) is 109. The number of carbonyl (C=O) groups excluding carboxylic acids is 11. The lowest BCUT2D eigenvalue weighted by atomic mass is 9.80. The fourth-order valence-electron chi connectivity index (χ4n) is 17.4. The fourth-order valence-corrected chi connectivity index (χ4v) is 17.5. The van der Waals surface area contributed by atoms with Gasteiger partial charge in [-0.3, -0.25) is 44.2 Å². The van der Waals surface area contributed by atoms with E-state index < -0.39 is 70.4 Å². The quantitative estimate of drug-likeness (QED) is 0.0273. The number of amides is 8. The Labute approximate surface area is 774 Å². The molecule has 16 rings (SSSR count). The molecule has 6 aromatic heterocycles. The van der Waals surface area contributed by atoms with E-state index in [2.05, 4.69) is 85.0 Å². The minimum absolute atomic E-state index is 0. The van der Waals surface area contributed by atoms with Gasteiger partial charge in [-0.25, -0.2) is 38.9 Å². The van der Waals surface area contributed by atoms with E-state index in [4.69, 9.17) is 41.4 Å². The highest BCUT2D eigenvalue weighted by atomic mass is 35.5. The molecule has 7 aliphatic heterocycles. The van der Waals surface area contributed by atoms with Gasteiger partial charge in [-0.05, 0) is 163 Å². The number of carboxylic acid groups (broad SMARTS) is 1. The average Bonchev–Trinajstić information content (AvgIpc) is 1.61. The van der Waals surface area contributed by atoms with Crippen LogP contribution in [0.5, 0.6) is 0 Å². The number of carbonyl (C=O) groups is 12. The van der Waals surface area contributed by atoms with Gasteiger partial charge >= 0.3 is 41.8 Å². The third-order valence-corrected chi connectivity index (χ3v) is 23.7. The van der Waals surface area contributed by atoms with Gasteiger partial charge in [0.05, 0.1) is 53.5 Å². The van der Waals surface area contributed by atoms with Crippen molar-refractivity contribution in [2.75, 3.05) is 102 Å². The molecule has 13 heterocycles. The molecule has 6 aromatic rings. The number of hydrogen-bond acceptors (Lipinski definition) is 26. The van der Waals surface area contributed by atoms with E-state index in [-0.39, 0.29) is 133 Å². The highest BCUT2D eigenvalue weighted by molar-refractivity contribution is 6.61. The van der Waals surface area contributed by atoms with Crippen molar-refractivity contribution in [2.24, 2.45) is 35.5 Å². The van der Waals surface area contributed by atoms with Crippen LogP contribution in [0, 0.1) is 35.5 Å². The molecule has 4 atom stereocenters. The molecule has 38 nitrogen and oxygen atoms in total. The predicted molar refractivity (Wildman–Crippen MR) is 499 cm³/mol. The topological polar surface area (TPSA) is 480 Å². The Morgan fingerprint density at radius 3 is 1.18 bits per heavy atom. The number of carboxylic acids is 1. The van der Waals surface area contributed by atoms with E-state index in [0.29, 0.717) is 113 Å². The third-order valence-electron chi connectivity index (χ3n) is 23.6. The zero-order valence-corrected chi connectivity index (χ0v) is 75.4. The van der Waals surface area contributed by atoms with Crippen LogP contribution in [0.15, 0.2) is 36.8 Å². The van der Waals surface area contributed by atoms with Gasteiger partial charge in [0, 0.05) is 112 Å². The second-order valence-corrected chi connectivity index (χ2v) is 38.3. The molecule has 39 heteroatoms. The summed E-state index contributed by atoms with van der Waals surface area (Å²) in [5, 5.41) is 29.3. The number of anilines is 3. The van der Waals surface area contributed by atoms with E-state index in [0.717, 1.165) is 105 Å². The van der Waals surface area contributed by atoms with E-state index in [9.17, 15) is 57.5 Å². The number of nitrogens with two attached hydrogens (primary N) is 1. The number of fused-ring (bicyclic) bond motifs is 12. The van der Waals surface area contributed by atoms with Crippen LogP contribution in [0.25, 0.3) is 33.1 Å². The van der Waals surface area contributed by atoms with Gasteiger partial charge in [-0.15, -0.1) is 0 Å². The van der Waals surface area contributed by atoms with Crippen LogP contribution in [0.2, 0.25) is 0 Å². The van der Waals surface area contributed by atoms with Gasteiger partial charge in [0.25, 0.3) is 17.7 Å². The first-order valence-corrected chi connectivity index (χ1v) is 44.4. The van der Waals surface area contributed by atoms with Crippen LogP contribution in [0.3, 0.4) is 0 Å². The number of hydrogen-bond donors (Lipinski definition) is 8. The summed E-state index contributed by atoms with van der Waals surface area (Å²) in [6.07, 6.45) is 21.9. The Balaban J connectivity index is 0.000000250. The number of ether oxygens (including phenoxy) is 6. The molecule has 8 amide bonds. The second-order valence-electron chi connectivity index (χ2n) is 38.0. The molecule has 10 aliphatic rings. The molecule has 0 aromatic carbocycles. The van der Waals surface area contributed by atoms with Crippen molar-refractivity contribution in [1.29, 1.82) is 0 Å². The smallest absolute Gasteiger partial charge is 0.481 e. The van der Waals surface area contributed by atoms with Crippen LogP contribution < -0.4 is 37.6 Å². The minimum atomic E-state index is -0.991. The zero-order chi connectivity index (χ0) is 91.4. The first-order chi connectivity index (χ1) is 59.5. The number of halogens is 1. The summed E-state index contributed by atoms with van der Waals surface area (Å²) in [6, 6.07) is 5.58. The lowest BCUT2D eigenvalue weighted by molar-refractivity contribution is -0.144. The Kier molecular flexibility index (Phi) is 38.5. The van der Waals surface area contributed by atoms with Crippen LogP contribution >= 0.6 is 11.6 Å². The summed E-state index contributed by atoms with van der Waals surface area (Å²) in [5.74, 6) is -2.04. The normalized spacial score (nSPS) is 19.9. The number of likely N-dealkylation sites (tertiary alicyclic amines) is 3. The highest BCUT2D eigenvalue weighted by Gasteiger charge is 2.46. The number of nitrogen functional groups attached to an aromatic ring is 1. The van der Waals surface area contributed by atoms with Gasteiger partial charge in [-0.2, -0.15) is 15.0 Å². The number of nitrogens with one attached hydrogen (secondary N) is 6. The molecule has 4 saturated heterocycles. The van der Waals surface area contributed by atoms with Crippen molar-refractivity contribution in [1.82, 2.24) is 79.6 Å². The van der Waals surface area contributed by atoms with E-state index >= 15 is 0 Å². The van der Waals surface area contributed by atoms with Gasteiger partial charge in [-0.1, -0.05) is 123 Å². The van der Waals surface area contributed by atoms with Crippen molar-refractivity contribution in [3.05, 3.63) is 53.9 Å². The standard InChI is InChI=1S/C24H32N6O4.C19H24N6O2.C15H25NO6.C14H17N5O.C10H17NO4.C5H9ClO2.5CH4/c1-23(2,3)34-22(33)29-10-7-15(13-29)19(31)28-21-25-12-16-11-17-20(32)26-14-24(8-5-4-6-9-24)30(17)18(16)27-21;26-16(12-4-7-20-9-12)24-18-21-10-13-8-14-17(27)22-11-19(5-2-1-3-6-19)25(14)15(13)23-18;1-10(2)9-20-14(19)21-12(17)11-6-7-16(8-11)13(18)22-15(3,4)5;15-13-16-7-9-6-10-12(20)17-8-14(4-2-1-3-5-14)19(10)11(9)18-13;1-10(2,3)15-9(14)11-5-4-7(6-11)8(12)13;1-4(2)3-8-5(6)7;;;;;/h11-12,15H,4-10,13-14H2,1-3H3,(H,26,32)(H,25,27,28,31);8,10,12,20H,1-7,9,11H2,(H,22,27)(H,21,23,24,26);10-11H,6-9H2,1-5H3;6-7H,1-5,8H2,(H,17,20)(H2,15,16,18);7H,4-6H2,1-3H3,(H,12,13);4H,3H2,1-2H3;5*1H4/t15-;12-;11-;;7-;;;;;;/m000.0....../s1. The van der Waals surface area contributed by atoms with Gasteiger partial charge in [0.2, 0.25) is 29.7 Å². The summed E-state index contributed by atoms with van der Waals surface area (Å²) in [5.41, 5.74) is 7.14. The van der Waals surface area contributed by atoms with Crippen molar-refractivity contribution in [2.45, 2.75) is 283 Å². The first-order valence-electron chi connectivity index (χ1n) is 44.0. The van der Waals surface area contributed by atoms with Gasteiger partial charge in [0.1, 0.15) is 50.8 Å². The monoisotopic (exact) mass is 1850 g/mol. The van der Waals surface area contributed by atoms with Gasteiger partial charge in [0.15, 0.2) is 0 Å². The minimum Gasteiger partial charge on any atom is -0.481 e. The maximum Gasteiger partial charge on any atom is 0.516 e. The van der Waals surface area contributed by atoms with Crippen molar-refractivity contribution < 1.29 is 91.1 Å². The maximum absolute atomic E-state index is 12.9. The molecule has 3 spiro atoms. The van der Waals surface area contributed by atoms with Crippen LogP contribution in [0.4, 0.5) is 41.8 Å². The van der Waals surface area contributed by atoms with Crippen LogP contribution in [-0.2, 0) is 64.2 Å². The molecule has 7 fully saturated rings. The Bertz CT molecular complexity index is 4980. The van der Waals surface area contributed by atoms with Crippen LogP contribution in [-0.4, -0.2) is 237 Å². The second kappa shape index (κ2) is 46.4. The average molecular weight is 1860 g/mol. The molecule has 3 aliphatic carbocycles. The zero-order valence-electron chi connectivity index (χ0n) is 74.7. The largest absolute Gasteiger partial charge is 0.516 e. The summed E-state index contributed by atoms with van der Waals surface area (Å²) >= 11 is 4.86. The summed E-state index contributed by atoms with van der Waals surface area (Å²) < 4.78 is 36.0. The number of esters is 1. The molecule has 0 unspecified atom stereocenters. The Hall–Kier alpha value is -11.1. The van der Waals surface area contributed by atoms with E-state index in [1.807, 2.05) is 66.7 Å². The summed E-state index contributed by atoms with van der Waals surface area (Å²) in [6.45, 7) is 29.9. The van der Waals surface area contributed by atoms with Crippen LogP contribution in [0.1, 0.15) is 281 Å². The van der Waals surface area contributed by atoms with Crippen molar-refractivity contribution in [3.8, 4) is 0 Å². The van der Waals surface area contributed by atoms with Crippen molar-refractivity contribution in [3.63, 3.8) is 0 Å². The molecular weight excluding hydrogens is 1710 g/mol. The summed E-state index contributed by atoms with van der Waals surface area (Å²) in [7, 11) is 0. The number of nitrogens with zero attached hydrogens (tertiary/aromatic N) is 12. The molecule has 728 valence electrons. The molecular formula is C92H144ClN19O19. The molecule has 131 heavy (non-hydrogen) atoms. The van der Waals surface area contributed by atoms with Crippen molar-refractivity contribution >= 4 is 134 Å². The molecule has 9 N–H and O–H groups in total. The Morgan fingerprint density at radius 1 is 0.489 bits per heavy atom. The highest BCUT2D eigenvalue weighted by Crippen LogP contribution is 2.44. The van der Waals surface area contributed by atoms with E-state index in [1.54, 1.807) is 65.0 Å². The SMILES string of the molecule is C.C.C.C.C.CC(C)(C)OC(=O)N1CC[C@H](C(=O)Nc2ncc3cc4n(c3n2)C2(CCCCC2)CNC4=O)C1.CC(C)(C)OC(=O)N1CC[C@H](C(=O)O)C1.CC(C)COC(=O)Cl.CC(C)COC(=O)OC(=O)[C@H]1CCN(C(=O)OC(C)(C)C)C1.Nc1ncc2cc3n(c2n1)C1(CCCCC1)CNC3=O.O=C1NCC2(CCCCC2)n2c1cc1cnc(NC(=O)[C@H]3CCNC3)nc12. The number of aromatic nitrogens is 9. The molecule has 3 saturated carbocycles. The lowest BCUT2D eigenvalue weighted by Gasteiger charge is -2.42. The number of rotatable bonds is 10. The maximum atomic E-state index is 12.9. The molecule has 0 radical (unpaired) electrons. The third kappa shape index (κ3) is 28.0. The predicted octanol–water partition coefficient (Wildman–Crippen LogP) is 14.9. The number of aliphatic carboxylic acids is 1.